The highest BCUT2D eigenvalue weighted by molar-refractivity contribution is 5.70. The highest BCUT2D eigenvalue weighted by Crippen LogP contribution is 2.38. The first-order chi connectivity index (χ1) is 36.6. The van der Waals surface area contributed by atoms with E-state index in [0.717, 1.165) is 0 Å². The van der Waals surface area contributed by atoms with E-state index in [4.69, 9.17) is 33.2 Å². The number of alkyl carbamates (subject to hydrolysis) is 1. The number of carbonyl (C=O) groups is 3. The Bertz CT molecular complexity index is 2100. The predicted octanol–water partition coefficient (Wildman–Crippen LogP) is 3.02. The van der Waals surface area contributed by atoms with Gasteiger partial charge in [-0.15, -0.1) is 0 Å². The maximum Gasteiger partial charge on any atom is 0.508 e. The van der Waals surface area contributed by atoms with E-state index in [9.17, 15) is 65.1 Å². The second kappa shape index (κ2) is 34.5. The Balaban J connectivity index is 2.02. The Hall–Kier alpha value is -5.43. The molecule has 0 aromatic rings. The molecular formula is C55H80N2O20. The molecule has 3 rings (SSSR count). The van der Waals surface area contributed by atoms with Crippen molar-refractivity contribution in [3.05, 3.63) is 110 Å². The quantitative estimate of drug-likeness (QED) is 0.0521. The van der Waals surface area contributed by atoms with Gasteiger partial charge in [-0.05, 0) is 33.1 Å². The summed E-state index contributed by atoms with van der Waals surface area (Å²) in [5.41, 5.74) is 0. The van der Waals surface area contributed by atoms with Crippen LogP contribution in [0.15, 0.2) is 115 Å². The molecule has 0 spiro atoms. The zero-order chi connectivity index (χ0) is 57.1. The highest BCUT2D eigenvalue weighted by Gasteiger charge is 2.51. The number of aliphatic hydroxyl groups excluding tert-OH is 8. The third kappa shape index (κ3) is 23.6. The molecule has 3 aliphatic rings. The van der Waals surface area contributed by atoms with Crippen LogP contribution in [-0.2, 0) is 42.7 Å². The number of ether oxygens (including phenoxy) is 7. The van der Waals surface area contributed by atoms with Gasteiger partial charge in [0, 0.05) is 37.5 Å². The number of aliphatic hydroxyl groups is 9. The normalized spacial score (nSPS) is 39.7. The molecule has 430 valence electrons. The number of carbonyl (C=O) groups excluding carboxylic acids is 4. The number of hydrogen-bond donors (Lipinski definition) is 10. The van der Waals surface area contributed by atoms with E-state index in [1.165, 1.54) is 31.2 Å². The first kappa shape index (κ1) is 65.9. The number of esters is 1. The van der Waals surface area contributed by atoms with Crippen LogP contribution in [0.4, 0.5) is 9.59 Å². The minimum Gasteiger partial charge on any atom is -0.462 e. The Kier molecular flexibility index (Phi) is 29.5. The summed E-state index contributed by atoms with van der Waals surface area (Å²) in [6.45, 7) is 13.2. The van der Waals surface area contributed by atoms with Crippen molar-refractivity contribution in [1.82, 2.24) is 5.32 Å². The molecule has 3 heterocycles. The second-order valence-corrected chi connectivity index (χ2v) is 19.3. The summed E-state index contributed by atoms with van der Waals surface area (Å²) in [7, 11) is 0. The fourth-order valence-corrected chi connectivity index (χ4v) is 8.68. The molecule has 3 aliphatic heterocycles. The molecule has 0 unspecified atom stereocenters. The Morgan fingerprint density at radius 3 is 1.95 bits per heavy atom. The topological polar surface area (TPSA) is 339 Å². The van der Waals surface area contributed by atoms with Crippen LogP contribution < -0.4 is 5.32 Å². The molecule has 0 aromatic heterocycles. The summed E-state index contributed by atoms with van der Waals surface area (Å²) in [5.74, 6) is -3.95. The van der Waals surface area contributed by atoms with Gasteiger partial charge in [0.1, 0.15) is 43.7 Å². The van der Waals surface area contributed by atoms with Gasteiger partial charge in [-0.1, -0.05) is 124 Å². The van der Waals surface area contributed by atoms with Crippen LogP contribution in [0.5, 0.6) is 0 Å². The molecule has 2 saturated heterocycles. The van der Waals surface area contributed by atoms with E-state index in [0.29, 0.717) is 0 Å². The molecule has 2 bridgehead atoms. The number of isocyanates is 1. The molecule has 0 aromatic carbocycles. The smallest absolute Gasteiger partial charge is 0.462 e. The van der Waals surface area contributed by atoms with Gasteiger partial charge in [-0.25, -0.2) is 14.4 Å². The number of nitrogens with one attached hydrogen (secondary N) is 1. The Morgan fingerprint density at radius 1 is 0.740 bits per heavy atom. The summed E-state index contributed by atoms with van der Waals surface area (Å²) in [5, 5.41) is 102. The lowest BCUT2D eigenvalue weighted by Gasteiger charge is -2.45. The van der Waals surface area contributed by atoms with E-state index in [1.54, 1.807) is 86.8 Å². The minimum absolute atomic E-state index is 0.144. The molecule has 2 fully saturated rings. The second-order valence-electron chi connectivity index (χ2n) is 19.3. The van der Waals surface area contributed by atoms with Crippen molar-refractivity contribution in [2.75, 3.05) is 13.2 Å². The van der Waals surface area contributed by atoms with Gasteiger partial charge >= 0.3 is 18.2 Å². The zero-order valence-corrected chi connectivity index (χ0v) is 44.1. The lowest BCUT2D eigenvalue weighted by atomic mass is 9.87. The van der Waals surface area contributed by atoms with Crippen LogP contribution in [0.2, 0.25) is 0 Å². The van der Waals surface area contributed by atoms with E-state index in [-0.39, 0.29) is 44.8 Å². The van der Waals surface area contributed by atoms with Gasteiger partial charge in [0.05, 0.1) is 67.4 Å². The number of fused-ring (bicyclic) bond motifs is 2. The van der Waals surface area contributed by atoms with Crippen LogP contribution in [0.25, 0.3) is 0 Å². The van der Waals surface area contributed by atoms with E-state index in [2.05, 4.69) is 23.5 Å². The maximum absolute atomic E-state index is 12.9. The molecule has 0 aliphatic carbocycles. The number of allylic oxidation sites excluding steroid dienone is 12. The van der Waals surface area contributed by atoms with Gasteiger partial charge in [0.15, 0.2) is 12.1 Å². The van der Waals surface area contributed by atoms with E-state index >= 15 is 0 Å². The SMILES string of the molecule is C=CCOC(=O)N[C@@H]1[C@H](O)[C@H](O[C@H]2/C=C/C=C/C=C/C=C/C=C/C=C/C=C/[C@H](C)[C@@H](O)[C@@H](C)[C@H](C)OC(=O)C[C@H](O)C[C@H](O)CC[C@@H](O)[C@H](O)C[C@H](O)C[C@]3(O)C[C@H](OC(=O)OCC=C)[C@@H](N=C=O)[C@H](C2)O3)O[C@H](C)[C@H]1O. The largest absolute Gasteiger partial charge is 0.508 e. The van der Waals surface area contributed by atoms with Gasteiger partial charge in [0.25, 0.3) is 0 Å². The lowest BCUT2D eigenvalue weighted by molar-refractivity contribution is -0.302. The Labute approximate surface area is 449 Å². The Morgan fingerprint density at radius 2 is 1.34 bits per heavy atom. The summed E-state index contributed by atoms with van der Waals surface area (Å²) in [6, 6.07) is -2.79. The number of aliphatic imine (C=N–C) groups is 1. The number of amides is 1. The molecule has 0 saturated carbocycles. The van der Waals surface area contributed by atoms with Crippen molar-refractivity contribution in [2.45, 2.75) is 183 Å². The zero-order valence-electron chi connectivity index (χ0n) is 44.1. The van der Waals surface area contributed by atoms with Crippen molar-refractivity contribution in [2.24, 2.45) is 16.8 Å². The fourth-order valence-electron chi connectivity index (χ4n) is 8.68. The number of nitrogens with zero attached hydrogens (tertiary/aromatic N) is 1. The third-order valence-corrected chi connectivity index (χ3v) is 13.0. The third-order valence-electron chi connectivity index (χ3n) is 13.0. The van der Waals surface area contributed by atoms with Gasteiger partial charge in [-0.3, -0.25) is 4.79 Å². The molecule has 0 radical (unpaired) electrons. The van der Waals surface area contributed by atoms with Crippen molar-refractivity contribution in [3.8, 4) is 0 Å². The molecule has 22 heteroatoms. The first-order valence-electron chi connectivity index (χ1n) is 25.7. The van der Waals surface area contributed by atoms with Crippen molar-refractivity contribution in [1.29, 1.82) is 0 Å². The number of cyclic esters (lactones) is 1. The van der Waals surface area contributed by atoms with Crippen LogP contribution >= 0.6 is 0 Å². The molecular weight excluding hydrogens is 1010 g/mol. The molecule has 1 amide bonds. The minimum atomic E-state index is -2.42. The van der Waals surface area contributed by atoms with Crippen molar-refractivity contribution < 1.29 is 98.3 Å². The standard InChI is InChI=1S/C55H80N2O20/c1-7-25-71-53(68)57-48-50(66)37(6)74-52(51(48)67)75-41-22-20-18-16-14-12-10-9-11-13-15-17-19-21-34(3)49(65)35(4)36(5)73-46(64)29-39(60)27-38(59)23-24-42(62)43(63)28-40(61)31-55(70)32-45(76-54(69)72-26-8-2)47(56-33-58)44(30-41)77-55/h7-22,34-45,47-52,59-63,65-67,70H,1-2,23-32H2,3-6H3,(H,57,68)/b10-9+,13-11+,14-12+,17-15+,18-16+,21-19+,22-20+/t34-,35-,36-,37+,38+,39+,40-,41-,42+,43+,44-,45-,47-,48-,49+,50+,51-,52-,55+/m0/s1. The number of rotatable bonds is 9. The predicted molar refractivity (Wildman–Crippen MR) is 279 cm³/mol. The molecule has 77 heavy (non-hydrogen) atoms. The van der Waals surface area contributed by atoms with Crippen molar-refractivity contribution in [3.63, 3.8) is 0 Å². The molecule has 22 nitrogen and oxygen atoms in total. The summed E-state index contributed by atoms with van der Waals surface area (Å²) < 4.78 is 39.4. The lowest BCUT2D eigenvalue weighted by Crippen LogP contribution is -2.64. The maximum atomic E-state index is 12.9. The van der Waals surface area contributed by atoms with Crippen LogP contribution in [0.1, 0.15) is 79.1 Å². The van der Waals surface area contributed by atoms with Gasteiger partial charge < -0.3 is 84.4 Å². The summed E-state index contributed by atoms with van der Waals surface area (Å²) in [4.78, 5) is 54.0. The van der Waals surface area contributed by atoms with E-state index in [1.807, 2.05) is 13.0 Å². The van der Waals surface area contributed by atoms with Gasteiger partial charge in [0.2, 0.25) is 6.08 Å². The monoisotopic (exact) mass is 1090 g/mol. The molecule has 19 atom stereocenters. The van der Waals surface area contributed by atoms with Gasteiger partial charge in [-0.2, -0.15) is 4.99 Å². The summed E-state index contributed by atoms with van der Waals surface area (Å²) in [6.07, 6.45) is 3.71. The fraction of sp³-hybridized carbons (Fsp3) is 0.600. The van der Waals surface area contributed by atoms with Crippen LogP contribution in [0.3, 0.4) is 0 Å². The number of hydrogen-bond acceptors (Lipinski definition) is 21. The first-order valence-corrected chi connectivity index (χ1v) is 25.7. The van der Waals surface area contributed by atoms with Crippen LogP contribution in [0, 0.1) is 11.8 Å². The average molecular weight is 1090 g/mol. The van der Waals surface area contributed by atoms with E-state index < -0.39 is 153 Å². The summed E-state index contributed by atoms with van der Waals surface area (Å²) >= 11 is 0. The highest BCUT2D eigenvalue weighted by atomic mass is 16.7. The average Bonchev–Trinajstić information content (AvgIpc) is 3.37. The molecule has 10 N–H and O–H groups in total. The van der Waals surface area contributed by atoms with Crippen LogP contribution in [-0.4, -0.2) is 187 Å². The van der Waals surface area contributed by atoms with Crippen molar-refractivity contribution >= 4 is 24.3 Å².